The third-order valence-corrected chi connectivity index (χ3v) is 3.67. The molecule has 1 aliphatic heterocycles. The van der Waals surface area contributed by atoms with E-state index in [0.29, 0.717) is 11.7 Å². The molecule has 0 bridgehead atoms. The maximum atomic E-state index is 11.6. The van der Waals surface area contributed by atoms with Gasteiger partial charge in [0.2, 0.25) is 0 Å². The molecule has 2 aromatic rings. The number of primary amides is 1. The molecule has 1 aliphatic rings. The molecule has 1 amide bonds. The third-order valence-electron chi connectivity index (χ3n) is 3.67. The van der Waals surface area contributed by atoms with Crippen LogP contribution in [-0.4, -0.2) is 23.6 Å². The molecule has 0 spiro atoms. The minimum absolute atomic E-state index is 0.343. The fraction of sp³-hybridized carbons (Fsp3) is 0.357. The van der Waals surface area contributed by atoms with Gasteiger partial charge in [-0.25, -0.2) is 0 Å². The molecule has 0 saturated carbocycles. The molecule has 1 aromatic heterocycles. The first-order valence-electron chi connectivity index (χ1n) is 6.38. The molecule has 0 aliphatic carbocycles. The first-order valence-corrected chi connectivity index (χ1v) is 6.38. The Bertz CT molecular complexity index is 582. The molecule has 3 rings (SSSR count). The van der Waals surface area contributed by atoms with Crippen molar-refractivity contribution in [1.82, 2.24) is 9.88 Å². The van der Waals surface area contributed by atoms with E-state index in [4.69, 9.17) is 5.73 Å². The fourth-order valence-corrected chi connectivity index (χ4v) is 2.82. The maximum Gasteiger partial charge on any atom is 0.265 e. The lowest BCUT2D eigenvalue weighted by Crippen LogP contribution is -2.31. The number of carbonyl (C=O) groups is 1. The van der Waals surface area contributed by atoms with Gasteiger partial charge in [-0.3, -0.25) is 4.79 Å². The summed E-state index contributed by atoms with van der Waals surface area (Å²) in [6.07, 6.45) is 2.08. The van der Waals surface area contributed by atoms with Crippen LogP contribution in [0.25, 0.3) is 10.9 Å². The number of piperidine rings is 1. The van der Waals surface area contributed by atoms with E-state index in [2.05, 4.69) is 16.0 Å². The van der Waals surface area contributed by atoms with Crippen LogP contribution in [0.1, 0.15) is 29.4 Å². The highest BCUT2D eigenvalue weighted by atomic mass is 16.1. The zero-order valence-electron chi connectivity index (χ0n) is 10.2. The van der Waals surface area contributed by atoms with Crippen LogP contribution in [0, 0.1) is 0 Å². The summed E-state index contributed by atoms with van der Waals surface area (Å²) in [5.74, 6) is -0.343. The van der Waals surface area contributed by atoms with Crippen molar-refractivity contribution in [2.45, 2.75) is 18.9 Å². The number of nitrogens with zero attached hydrogens (tertiary/aromatic N) is 1. The van der Waals surface area contributed by atoms with E-state index in [9.17, 15) is 4.79 Å². The van der Waals surface area contributed by atoms with Crippen LogP contribution in [0.2, 0.25) is 0 Å². The van der Waals surface area contributed by atoms with Gasteiger partial charge in [0, 0.05) is 16.9 Å². The summed E-state index contributed by atoms with van der Waals surface area (Å²) in [4.78, 5) is 11.6. The number of fused-ring (bicyclic) bond motifs is 1. The van der Waals surface area contributed by atoms with E-state index in [0.717, 1.165) is 36.8 Å². The lowest BCUT2D eigenvalue weighted by Gasteiger charge is -2.26. The Morgan fingerprint density at radius 1 is 1.28 bits per heavy atom. The van der Waals surface area contributed by atoms with Crippen LogP contribution in [0.15, 0.2) is 30.3 Å². The molecule has 1 fully saturated rings. The van der Waals surface area contributed by atoms with E-state index in [1.807, 2.05) is 24.3 Å². The Kier molecular flexibility index (Phi) is 2.80. The topological polar surface area (TPSA) is 60.1 Å². The van der Waals surface area contributed by atoms with Gasteiger partial charge in [-0.2, -0.15) is 0 Å². The molecule has 1 saturated heterocycles. The van der Waals surface area contributed by atoms with Crippen LogP contribution in [0.3, 0.4) is 0 Å². The van der Waals surface area contributed by atoms with Crippen LogP contribution in [-0.2, 0) is 0 Å². The number of nitrogens with one attached hydrogen (secondary N) is 1. The number of hydrogen-bond donors (Lipinski definition) is 2. The van der Waals surface area contributed by atoms with Crippen LogP contribution < -0.4 is 11.1 Å². The van der Waals surface area contributed by atoms with Crippen molar-refractivity contribution in [3.63, 3.8) is 0 Å². The number of benzene rings is 1. The minimum atomic E-state index is -0.343. The van der Waals surface area contributed by atoms with E-state index in [1.54, 1.807) is 0 Å². The summed E-state index contributed by atoms with van der Waals surface area (Å²) in [5, 5.41) is 4.43. The number of hydrogen-bond acceptors (Lipinski definition) is 2. The van der Waals surface area contributed by atoms with E-state index >= 15 is 0 Å². The molecule has 1 aromatic carbocycles. The van der Waals surface area contributed by atoms with Crippen molar-refractivity contribution in [3.8, 4) is 0 Å². The van der Waals surface area contributed by atoms with Crippen molar-refractivity contribution < 1.29 is 4.79 Å². The average Bonchev–Trinajstić information content (AvgIpc) is 2.79. The quantitative estimate of drug-likeness (QED) is 0.842. The van der Waals surface area contributed by atoms with Gasteiger partial charge in [0.1, 0.15) is 5.69 Å². The minimum Gasteiger partial charge on any atom is -0.364 e. The Morgan fingerprint density at radius 3 is 2.72 bits per heavy atom. The summed E-state index contributed by atoms with van der Waals surface area (Å²) < 4.78 is 2.12. The lowest BCUT2D eigenvalue weighted by molar-refractivity contribution is 0.0988. The number of carbonyl (C=O) groups excluding carboxylic acids is 1. The van der Waals surface area contributed by atoms with Gasteiger partial charge in [0.25, 0.3) is 5.91 Å². The van der Waals surface area contributed by atoms with Gasteiger partial charge >= 0.3 is 0 Å². The summed E-state index contributed by atoms with van der Waals surface area (Å²) in [5.41, 5.74) is 7.25. The summed E-state index contributed by atoms with van der Waals surface area (Å²) >= 11 is 0. The highest BCUT2D eigenvalue weighted by molar-refractivity contribution is 5.97. The van der Waals surface area contributed by atoms with Gasteiger partial charge in [0.15, 0.2) is 0 Å². The molecule has 0 unspecified atom stereocenters. The van der Waals surface area contributed by atoms with Crippen molar-refractivity contribution >= 4 is 16.8 Å². The van der Waals surface area contributed by atoms with Gasteiger partial charge in [-0.15, -0.1) is 0 Å². The van der Waals surface area contributed by atoms with Gasteiger partial charge < -0.3 is 15.6 Å². The summed E-state index contributed by atoms with van der Waals surface area (Å²) in [7, 11) is 0. The lowest BCUT2D eigenvalue weighted by atomic mass is 10.1. The number of rotatable bonds is 2. The predicted octanol–water partition coefficient (Wildman–Crippen LogP) is 1.66. The summed E-state index contributed by atoms with van der Waals surface area (Å²) in [6, 6.07) is 10.3. The molecule has 2 heterocycles. The second kappa shape index (κ2) is 4.46. The maximum absolute atomic E-state index is 11.6. The van der Waals surface area contributed by atoms with Crippen LogP contribution >= 0.6 is 0 Å². The Balaban J connectivity index is 2.17. The van der Waals surface area contributed by atoms with E-state index in [-0.39, 0.29) is 5.91 Å². The second-order valence-electron chi connectivity index (χ2n) is 4.80. The van der Waals surface area contributed by atoms with Gasteiger partial charge in [0.05, 0.1) is 0 Å². The first-order chi connectivity index (χ1) is 8.77. The summed E-state index contributed by atoms with van der Waals surface area (Å²) in [6.45, 7) is 1.99. The first kappa shape index (κ1) is 11.3. The van der Waals surface area contributed by atoms with Crippen LogP contribution in [0.5, 0.6) is 0 Å². The smallest absolute Gasteiger partial charge is 0.265 e. The zero-order valence-corrected chi connectivity index (χ0v) is 10.2. The molecular formula is C14H17N3O. The van der Waals surface area contributed by atoms with Crippen molar-refractivity contribution in [2.75, 3.05) is 13.1 Å². The van der Waals surface area contributed by atoms with Crippen molar-refractivity contribution in [1.29, 1.82) is 0 Å². The molecule has 4 heteroatoms. The van der Waals surface area contributed by atoms with Crippen molar-refractivity contribution in [3.05, 3.63) is 36.0 Å². The Hall–Kier alpha value is -1.81. The molecule has 3 N–H and O–H groups in total. The van der Waals surface area contributed by atoms with Gasteiger partial charge in [-0.05, 0) is 38.1 Å². The molecular weight excluding hydrogens is 226 g/mol. The zero-order chi connectivity index (χ0) is 12.5. The molecule has 0 atom stereocenters. The largest absolute Gasteiger partial charge is 0.364 e. The standard InChI is InChI=1S/C14H17N3O/c15-14(18)13-9-10-3-1-2-4-12(10)17(13)11-5-7-16-8-6-11/h1-4,9,11,16H,5-8H2,(H2,15,18). The normalized spacial score (nSPS) is 17.1. The van der Waals surface area contributed by atoms with E-state index in [1.165, 1.54) is 0 Å². The molecule has 18 heavy (non-hydrogen) atoms. The second-order valence-corrected chi connectivity index (χ2v) is 4.80. The van der Waals surface area contributed by atoms with E-state index < -0.39 is 0 Å². The predicted molar refractivity (Wildman–Crippen MR) is 71.6 cm³/mol. The number of para-hydroxylation sites is 1. The van der Waals surface area contributed by atoms with Gasteiger partial charge in [-0.1, -0.05) is 18.2 Å². The molecule has 0 radical (unpaired) electrons. The molecule has 4 nitrogen and oxygen atoms in total. The fourth-order valence-electron chi connectivity index (χ4n) is 2.82. The third kappa shape index (κ3) is 1.78. The monoisotopic (exact) mass is 243 g/mol. The van der Waals surface area contributed by atoms with Crippen molar-refractivity contribution in [2.24, 2.45) is 5.73 Å². The number of nitrogens with two attached hydrogens (primary N) is 1. The number of aromatic nitrogens is 1. The highest BCUT2D eigenvalue weighted by Crippen LogP contribution is 2.28. The average molecular weight is 243 g/mol. The SMILES string of the molecule is NC(=O)c1cc2ccccc2n1C1CCNCC1. The Morgan fingerprint density at radius 2 is 2.00 bits per heavy atom. The number of amides is 1. The van der Waals surface area contributed by atoms with Crippen LogP contribution in [0.4, 0.5) is 0 Å². The highest BCUT2D eigenvalue weighted by Gasteiger charge is 2.21. The molecule has 94 valence electrons. The Labute approximate surface area is 106 Å².